The summed E-state index contributed by atoms with van der Waals surface area (Å²) in [6, 6.07) is 0. The Morgan fingerprint density at radius 2 is 1.83 bits per heavy atom. The Kier molecular flexibility index (Phi) is 4.46. The highest BCUT2D eigenvalue weighted by atomic mass is 31.2. The van der Waals surface area contributed by atoms with E-state index in [-0.39, 0.29) is 25.2 Å². The normalized spacial score (nSPS) is 32.1. The lowest BCUT2D eigenvalue weighted by Gasteiger charge is -2.28. The Labute approximate surface area is 108 Å². The fourth-order valence-corrected chi connectivity index (χ4v) is 5.19. The van der Waals surface area contributed by atoms with Crippen molar-refractivity contribution >= 4 is 13.6 Å². The van der Waals surface area contributed by atoms with Crippen LogP contribution < -0.4 is 0 Å². The van der Waals surface area contributed by atoms with Gasteiger partial charge in [0.25, 0.3) is 0 Å². The zero-order valence-electron chi connectivity index (χ0n) is 11.0. The lowest BCUT2D eigenvalue weighted by Crippen LogP contribution is -2.29. The summed E-state index contributed by atoms with van der Waals surface area (Å²) < 4.78 is 28.7. The summed E-state index contributed by atoms with van der Waals surface area (Å²) in [5.41, 5.74) is -0.720. The molecule has 3 atom stereocenters. The van der Waals surface area contributed by atoms with E-state index in [1.807, 2.05) is 0 Å². The van der Waals surface area contributed by atoms with Gasteiger partial charge in [-0.1, -0.05) is 6.42 Å². The molecular formula is C12H21O5P. The Bertz CT molecular complexity index is 346. The SMILES string of the molecule is CCOP(=O)(OCC)[C@H]1C(=O)O[C@H]2CCCC[C@@H]21. The van der Waals surface area contributed by atoms with Crippen molar-refractivity contribution in [1.29, 1.82) is 0 Å². The molecule has 0 N–H and O–H groups in total. The number of esters is 1. The topological polar surface area (TPSA) is 61.8 Å². The molecule has 0 spiro atoms. The number of rotatable bonds is 5. The van der Waals surface area contributed by atoms with Crippen LogP contribution in [0.4, 0.5) is 0 Å². The quantitative estimate of drug-likeness (QED) is 0.570. The molecule has 2 fully saturated rings. The molecule has 1 saturated heterocycles. The Balaban J connectivity index is 2.22. The van der Waals surface area contributed by atoms with Crippen LogP contribution in [0.3, 0.4) is 0 Å². The van der Waals surface area contributed by atoms with Crippen LogP contribution in [0, 0.1) is 5.92 Å². The van der Waals surface area contributed by atoms with Gasteiger partial charge in [-0.25, -0.2) is 0 Å². The fourth-order valence-electron chi connectivity index (χ4n) is 2.95. The smallest absolute Gasteiger partial charge is 0.345 e. The zero-order chi connectivity index (χ0) is 13.2. The molecule has 0 bridgehead atoms. The Hall–Kier alpha value is -0.380. The number of carbonyl (C=O) groups is 1. The molecule has 5 nitrogen and oxygen atoms in total. The fraction of sp³-hybridized carbons (Fsp3) is 0.917. The maximum atomic E-state index is 12.7. The van der Waals surface area contributed by atoms with Gasteiger partial charge in [0.1, 0.15) is 6.10 Å². The van der Waals surface area contributed by atoms with Crippen molar-refractivity contribution in [3.8, 4) is 0 Å². The first-order chi connectivity index (χ1) is 8.62. The summed E-state index contributed by atoms with van der Waals surface area (Å²) >= 11 is 0. The number of carbonyl (C=O) groups excluding carboxylic acids is 1. The molecule has 18 heavy (non-hydrogen) atoms. The van der Waals surface area contributed by atoms with Gasteiger partial charge in [0, 0.05) is 5.92 Å². The second kappa shape index (κ2) is 5.72. The van der Waals surface area contributed by atoms with Gasteiger partial charge in [0.2, 0.25) is 0 Å². The predicted molar refractivity (Wildman–Crippen MR) is 66.5 cm³/mol. The lowest BCUT2D eigenvalue weighted by atomic mass is 9.86. The highest BCUT2D eigenvalue weighted by molar-refractivity contribution is 7.55. The highest BCUT2D eigenvalue weighted by Gasteiger charge is 2.56. The van der Waals surface area contributed by atoms with Gasteiger partial charge < -0.3 is 13.8 Å². The van der Waals surface area contributed by atoms with Crippen molar-refractivity contribution in [3.63, 3.8) is 0 Å². The van der Waals surface area contributed by atoms with E-state index in [4.69, 9.17) is 13.8 Å². The van der Waals surface area contributed by atoms with Gasteiger partial charge in [0.15, 0.2) is 5.66 Å². The minimum absolute atomic E-state index is 0.00446. The minimum Gasteiger partial charge on any atom is -0.461 e. The summed E-state index contributed by atoms with van der Waals surface area (Å²) in [4.78, 5) is 12.0. The molecule has 104 valence electrons. The summed E-state index contributed by atoms with van der Waals surface area (Å²) in [6.45, 7) is 4.06. The monoisotopic (exact) mass is 276 g/mol. The Morgan fingerprint density at radius 3 is 2.44 bits per heavy atom. The van der Waals surface area contributed by atoms with Crippen LogP contribution in [0.2, 0.25) is 0 Å². The second-order valence-electron chi connectivity index (χ2n) is 4.74. The van der Waals surface area contributed by atoms with Gasteiger partial charge in [-0.15, -0.1) is 0 Å². The molecule has 0 aromatic rings. The zero-order valence-corrected chi connectivity index (χ0v) is 11.9. The molecule has 1 saturated carbocycles. The van der Waals surface area contributed by atoms with E-state index in [0.29, 0.717) is 0 Å². The third kappa shape index (κ3) is 2.49. The molecule has 0 aromatic carbocycles. The van der Waals surface area contributed by atoms with E-state index in [2.05, 4.69) is 0 Å². The molecule has 0 radical (unpaired) electrons. The van der Waals surface area contributed by atoms with E-state index < -0.39 is 19.2 Å². The lowest BCUT2D eigenvalue weighted by molar-refractivity contribution is -0.141. The van der Waals surface area contributed by atoms with Gasteiger partial charge in [0.05, 0.1) is 13.2 Å². The largest absolute Gasteiger partial charge is 0.461 e. The van der Waals surface area contributed by atoms with Crippen molar-refractivity contribution < 1.29 is 23.1 Å². The number of hydrogen-bond donors (Lipinski definition) is 0. The van der Waals surface area contributed by atoms with E-state index in [0.717, 1.165) is 25.7 Å². The average molecular weight is 276 g/mol. The number of hydrogen-bond acceptors (Lipinski definition) is 5. The van der Waals surface area contributed by atoms with Crippen molar-refractivity contribution in [2.45, 2.75) is 51.3 Å². The predicted octanol–water partition coefficient (Wildman–Crippen LogP) is 2.74. The molecule has 2 aliphatic rings. The van der Waals surface area contributed by atoms with Crippen LogP contribution in [0.1, 0.15) is 39.5 Å². The van der Waals surface area contributed by atoms with Crippen LogP contribution in [-0.2, 0) is 23.1 Å². The first-order valence-corrected chi connectivity index (χ1v) is 8.33. The summed E-state index contributed by atoms with van der Waals surface area (Å²) in [5, 5.41) is 0. The standard InChI is InChI=1S/C12H21O5P/c1-3-15-18(14,16-4-2)11-9-7-5-6-8-10(9)17-12(11)13/h9-11H,3-8H2,1-2H3/t9-,10-,11+/m0/s1. The van der Waals surface area contributed by atoms with E-state index in [1.54, 1.807) is 13.8 Å². The van der Waals surface area contributed by atoms with E-state index >= 15 is 0 Å². The molecular weight excluding hydrogens is 255 g/mol. The summed E-state index contributed by atoms with van der Waals surface area (Å²) in [6.07, 6.45) is 3.75. The molecule has 6 heteroatoms. The average Bonchev–Trinajstić information content (AvgIpc) is 2.66. The summed E-state index contributed by atoms with van der Waals surface area (Å²) in [5.74, 6) is -0.410. The van der Waals surface area contributed by atoms with Crippen molar-refractivity contribution in [3.05, 3.63) is 0 Å². The van der Waals surface area contributed by atoms with Crippen molar-refractivity contribution in [2.75, 3.05) is 13.2 Å². The van der Waals surface area contributed by atoms with Gasteiger partial charge in [-0.2, -0.15) is 0 Å². The summed E-state index contributed by atoms with van der Waals surface area (Å²) in [7, 11) is -3.39. The Morgan fingerprint density at radius 1 is 1.22 bits per heavy atom. The van der Waals surface area contributed by atoms with Gasteiger partial charge in [-0.3, -0.25) is 9.36 Å². The molecule has 1 heterocycles. The van der Waals surface area contributed by atoms with Gasteiger partial charge >= 0.3 is 13.6 Å². The molecule has 1 aliphatic carbocycles. The number of ether oxygens (including phenoxy) is 1. The minimum atomic E-state index is -3.39. The van der Waals surface area contributed by atoms with E-state index in [1.165, 1.54) is 0 Å². The molecule has 0 amide bonds. The first-order valence-electron chi connectivity index (χ1n) is 6.71. The molecule has 0 unspecified atom stereocenters. The van der Waals surface area contributed by atoms with Crippen LogP contribution in [0.25, 0.3) is 0 Å². The van der Waals surface area contributed by atoms with Crippen LogP contribution in [0.5, 0.6) is 0 Å². The van der Waals surface area contributed by atoms with Crippen LogP contribution >= 0.6 is 7.60 Å². The van der Waals surface area contributed by atoms with Gasteiger partial charge in [-0.05, 0) is 33.1 Å². The molecule has 2 rings (SSSR count). The van der Waals surface area contributed by atoms with Crippen molar-refractivity contribution in [1.82, 2.24) is 0 Å². The third-order valence-corrected chi connectivity index (χ3v) is 6.14. The maximum Gasteiger partial charge on any atom is 0.345 e. The molecule has 0 aromatic heterocycles. The van der Waals surface area contributed by atoms with E-state index in [9.17, 15) is 9.36 Å². The maximum absolute atomic E-state index is 12.7. The first kappa shape index (κ1) is 14.0. The van der Waals surface area contributed by atoms with Crippen molar-refractivity contribution in [2.24, 2.45) is 5.92 Å². The molecule has 1 aliphatic heterocycles. The third-order valence-electron chi connectivity index (χ3n) is 3.63. The highest BCUT2D eigenvalue weighted by Crippen LogP contribution is 2.60. The second-order valence-corrected chi connectivity index (χ2v) is 6.90. The number of fused-ring (bicyclic) bond motifs is 1. The van der Waals surface area contributed by atoms with Crippen LogP contribution in [0.15, 0.2) is 0 Å². The van der Waals surface area contributed by atoms with Crippen LogP contribution in [-0.4, -0.2) is 30.9 Å².